The van der Waals surface area contributed by atoms with Crippen LogP contribution < -0.4 is 16.0 Å². The minimum atomic E-state index is -0.504. The van der Waals surface area contributed by atoms with E-state index in [-0.39, 0.29) is 18.0 Å². The molecule has 0 rings (SSSR count). The molecule has 18 heavy (non-hydrogen) atoms. The summed E-state index contributed by atoms with van der Waals surface area (Å²) in [6.07, 6.45) is -0.455. The number of carbonyl (C=O) groups is 2. The maximum absolute atomic E-state index is 11.4. The first kappa shape index (κ1) is 16.7. The van der Waals surface area contributed by atoms with Gasteiger partial charge in [-0.2, -0.15) is 0 Å². The molecule has 0 aromatic carbocycles. The van der Waals surface area contributed by atoms with Gasteiger partial charge in [0, 0.05) is 19.6 Å². The van der Waals surface area contributed by atoms with Crippen LogP contribution in [0.2, 0.25) is 0 Å². The van der Waals surface area contributed by atoms with Gasteiger partial charge in [-0.3, -0.25) is 4.79 Å². The fourth-order valence-electron chi connectivity index (χ4n) is 1.33. The number of carbonyl (C=O) groups excluding carboxylic acids is 2. The van der Waals surface area contributed by atoms with Crippen molar-refractivity contribution in [1.82, 2.24) is 16.0 Å². The van der Waals surface area contributed by atoms with Gasteiger partial charge in [0.15, 0.2) is 0 Å². The Balaban J connectivity index is 3.93. The number of likely N-dealkylation sites (N-methyl/N-ethyl adjacent to an activating group) is 1. The molecule has 0 spiro atoms. The van der Waals surface area contributed by atoms with E-state index in [9.17, 15) is 9.59 Å². The van der Waals surface area contributed by atoms with Crippen molar-refractivity contribution in [3.63, 3.8) is 0 Å². The van der Waals surface area contributed by atoms with E-state index < -0.39 is 11.7 Å². The Kier molecular flexibility index (Phi) is 6.68. The van der Waals surface area contributed by atoms with Gasteiger partial charge in [-0.1, -0.05) is 0 Å². The molecule has 0 aromatic rings. The van der Waals surface area contributed by atoms with Gasteiger partial charge in [0.1, 0.15) is 5.60 Å². The van der Waals surface area contributed by atoms with Crippen molar-refractivity contribution in [2.24, 2.45) is 0 Å². The van der Waals surface area contributed by atoms with E-state index in [2.05, 4.69) is 16.0 Å². The highest BCUT2D eigenvalue weighted by atomic mass is 16.6. The number of alkyl carbamates (subject to hydrolysis) is 1. The molecule has 0 heterocycles. The first-order valence-corrected chi connectivity index (χ1v) is 6.10. The molecule has 2 atom stereocenters. The third kappa shape index (κ3) is 7.89. The average molecular weight is 259 g/mol. The number of hydrogen-bond donors (Lipinski definition) is 3. The van der Waals surface area contributed by atoms with E-state index in [0.29, 0.717) is 6.54 Å². The lowest BCUT2D eigenvalue weighted by atomic mass is 10.2. The number of ether oxygens (including phenoxy) is 1. The van der Waals surface area contributed by atoms with E-state index >= 15 is 0 Å². The first-order chi connectivity index (χ1) is 8.15. The van der Waals surface area contributed by atoms with E-state index in [0.717, 1.165) is 0 Å². The van der Waals surface area contributed by atoms with Gasteiger partial charge in [-0.05, 0) is 34.6 Å². The van der Waals surface area contributed by atoms with Crippen molar-refractivity contribution < 1.29 is 14.3 Å². The Morgan fingerprint density at radius 2 is 1.78 bits per heavy atom. The van der Waals surface area contributed by atoms with Gasteiger partial charge in [0.2, 0.25) is 5.91 Å². The summed E-state index contributed by atoms with van der Waals surface area (Å²) in [5.41, 5.74) is -0.504. The standard InChI is InChI=1S/C12H25N3O3/c1-8(15-9(2)10(16)13-6)7-14-11(17)18-12(3,4)5/h8-9,15H,7H2,1-6H3,(H,13,16)(H,14,17). The predicted octanol–water partition coefficient (Wildman–Crippen LogP) is 0.624. The van der Waals surface area contributed by atoms with Crippen LogP contribution in [0.15, 0.2) is 0 Å². The normalized spacial score (nSPS) is 14.6. The van der Waals surface area contributed by atoms with Gasteiger partial charge in [0.25, 0.3) is 0 Å². The first-order valence-electron chi connectivity index (χ1n) is 6.10. The molecule has 0 saturated carbocycles. The zero-order valence-corrected chi connectivity index (χ0v) is 12.1. The van der Waals surface area contributed by atoms with Crippen LogP contribution in [-0.2, 0) is 9.53 Å². The van der Waals surface area contributed by atoms with Crippen molar-refractivity contribution >= 4 is 12.0 Å². The van der Waals surface area contributed by atoms with Crippen LogP contribution in [0.4, 0.5) is 4.79 Å². The third-order valence-corrected chi connectivity index (χ3v) is 2.13. The van der Waals surface area contributed by atoms with Gasteiger partial charge < -0.3 is 20.7 Å². The molecule has 0 aliphatic heterocycles. The zero-order chi connectivity index (χ0) is 14.3. The van der Waals surface area contributed by atoms with Gasteiger partial charge in [-0.15, -0.1) is 0 Å². The number of rotatable bonds is 5. The maximum Gasteiger partial charge on any atom is 0.407 e. The van der Waals surface area contributed by atoms with Crippen LogP contribution in [-0.4, -0.2) is 43.3 Å². The lowest BCUT2D eigenvalue weighted by Gasteiger charge is -2.22. The van der Waals surface area contributed by atoms with Crippen LogP contribution in [0.3, 0.4) is 0 Å². The topological polar surface area (TPSA) is 79.5 Å². The summed E-state index contributed by atoms with van der Waals surface area (Å²) in [7, 11) is 1.59. The van der Waals surface area contributed by atoms with Gasteiger partial charge in [0.05, 0.1) is 6.04 Å². The largest absolute Gasteiger partial charge is 0.444 e. The molecule has 0 saturated heterocycles. The molecule has 0 aliphatic carbocycles. The van der Waals surface area contributed by atoms with Crippen LogP contribution in [0.25, 0.3) is 0 Å². The molecular weight excluding hydrogens is 234 g/mol. The van der Waals surface area contributed by atoms with E-state index in [1.807, 2.05) is 27.7 Å². The van der Waals surface area contributed by atoms with E-state index in [1.165, 1.54) is 0 Å². The highest BCUT2D eigenvalue weighted by molar-refractivity contribution is 5.80. The average Bonchev–Trinajstić information content (AvgIpc) is 2.22. The quantitative estimate of drug-likeness (QED) is 0.676. The van der Waals surface area contributed by atoms with Gasteiger partial charge in [-0.25, -0.2) is 4.79 Å². The Bertz CT molecular complexity index is 287. The van der Waals surface area contributed by atoms with Crippen molar-refractivity contribution in [1.29, 1.82) is 0 Å². The SMILES string of the molecule is CNC(=O)C(C)NC(C)CNC(=O)OC(C)(C)C. The highest BCUT2D eigenvalue weighted by Gasteiger charge is 2.17. The molecule has 3 N–H and O–H groups in total. The summed E-state index contributed by atoms with van der Waals surface area (Å²) < 4.78 is 5.10. The molecule has 6 heteroatoms. The second-order valence-corrected chi connectivity index (χ2v) is 5.29. The van der Waals surface area contributed by atoms with Gasteiger partial charge >= 0.3 is 6.09 Å². The van der Waals surface area contributed by atoms with Crippen LogP contribution in [0.5, 0.6) is 0 Å². The van der Waals surface area contributed by atoms with Crippen LogP contribution in [0, 0.1) is 0 Å². The molecule has 0 fully saturated rings. The zero-order valence-electron chi connectivity index (χ0n) is 12.1. The highest BCUT2D eigenvalue weighted by Crippen LogP contribution is 2.06. The molecule has 6 nitrogen and oxygen atoms in total. The lowest BCUT2D eigenvalue weighted by molar-refractivity contribution is -0.122. The fraction of sp³-hybridized carbons (Fsp3) is 0.833. The summed E-state index contributed by atoms with van der Waals surface area (Å²) in [4.78, 5) is 22.7. The Morgan fingerprint density at radius 3 is 2.22 bits per heavy atom. The van der Waals surface area contributed by atoms with Crippen LogP contribution >= 0.6 is 0 Å². The van der Waals surface area contributed by atoms with E-state index in [4.69, 9.17) is 4.74 Å². The van der Waals surface area contributed by atoms with Crippen molar-refractivity contribution in [3.8, 4) is 0 Å². The predicted molar refractivity (Wildman–Crippen MR) is 70.4 cm³/mol. The summed E-state index contributed by atoms with van der Waals surface area (Å²) in [6, 6.07) is -0.324. The van der Waals surface area contributed by atoms with E-state index in [1.54, 1.807) is 14.0 Å². The summed E-state index contributed by atoms with van der Waals surface area (Å²) in [6.45, 7) is 9.47. The maximum atomic E-state index is 11.4. The molecule has 0 bridgehead atoms. The second kappa shape index (κ2) is 7.20. The molecule has 2 unspecified atom stereocenters. The van der Waals surface area contributed by atoms with Crippen molar-refractivity contribution in [3.05, 3.63) is 0 Å². The van der Waals surface area contributed by atoms with Crippen LogP contribution in [0.1, 0.15) is 34.6 Å². The molecule has 0 aliphatic rings. The van der Waals surface area contributed by atoms with Crippen molar-refractivity contribution in [2.75, 3.05) is 13.6 Å². The summed E-state index contributed by atoms with van der Waals surface area (Å²) >= 11 is 0. The summed E-state index contributed by atoms with van der Waals surface area (Å²) in [5, 5.41) is 8.26. The summed E-state index contributed by atoms with van der Waals surface area (Å²) in [5.74, 6) is -0.0841. The number of amides is 2. The number of nitrogens with one attached hydrogen (secondary N) is 3. The smallest absolute Gasteiger partial charge is 0.407 e. The molecule has 0 radical (unpaired) electrons. The van der Waals surface area contributed by atoms with Crippen molar-refractivity contribution in [2.45, 2.75) is 52.3 Å². The molecule has 106 valence electrons. The monoisotopic (exact) mass is 259 g/mol. The minimum Gasteiger partial charge on any atom is -0.444 e. The lowest BCUT2D eigenvalue weighted by Crippen LogP contribution is -2.49. The second-order valence-electron chi connectivity index (χ2n) is 5.29. The Hall–Kier alpha value is -1.30. The Morgan fingerprint density at radius 1 is 1.22 bits per heavy atom. The minimum absolute atomic E-state index is 0.0233. The Labute approximate surface area is 109 Å². The molecule has 0 aromatic heterocycles. The molecular formula is C12H25N3O3. The number of hydrogen-bond acceptors (Lipinski definition) is 4. The third-order valence-electron chi connectivity index (χ3n) is 2.13. The molecule has 2 amide bonds. The fourth-order valence-corrected chi connectivity index (χ4v) is 1.33.